The topological polar surface area (TPSA) is 75.7 Å². The van der Waals surface area contributed by atoms with Gasteiger partial charge in [0.25, 0.3) is 5.91 Å². The van der Waals surface area contributed by atoms with Crippen LogP contribution in [0.5, 0.6) is 5.75 Å². The first-order chi connectivity index (χ1) is 16.7. The van der Waals surface area contributed by atoms with Crippen molar-refractivity contribution in [3.8, 4) is 5.75 Å². The molecular formula is C28H34N2O4S. The molecule has 3 rings (SSSR count). The van der Waals surface area contributed by atoms with Crippen molar-refractivity contribution in [2.45, 2.75) is 40.2 Å². The van der Waals surface area contributed by atoms with Gasteiger partial charge in [0.05, 0.1) is 25.1 Å². The minimum Gasteiger partial charge on any atom is -0.494 e. The highest BCUT2D eigenvalue weighted by atomic mass is 32.2. The Balaban J connectivity index is 1.56. The number of anilines is 1. The molecule has 7 heteroatoms. The summed E-state index contributed by atoms with van der Waals surface area (Å²) < 4.78 is 31.9. The van der Waals surface area contributed by atoms with E-state index in [-0.39, 0.29) is 12.5 Å². The molecule has 0 aliphatic heterocycles. The van der Waals surface area contributed by atoms with Crippen LogP contribution in [-0.2, 0) is 23.0 Å². The molecule has 186 valence electrons. The van der Waals surface area contributed by atoms with Gasteiger partial charge < -0.3 is 10.1 Å². The molecular weight excluding hydrogens is 460 g/mol. The lowest BCUT2D eigenvalue weighted by atomic mass is 10.1. The lowest BCUT2D eigenvalue weighted by molar-refractivity contribution is 0.0953. The van der Waals surface area contributed by atoms with Gasteiger partial charge in [-0.3, -0.25) is 9.10 Å². The second-order valence-electron chi connectivity index (χ2n) is 8.69. The third kappa shape index (κ3) is 7.59. The van der Waals surface area contributed by atoms with E-state index in [9.17, 15) is 13.2 Å². The first-order valence-corrected chi connectivity index (χ1v) is 13.7. The number of sulfonamides is 1. The van der Waals surface area contributed by atoms with Crippen LogP contribution >= 0.6 is 0 Å². The first kappa shape index (κ1) is 26.3. The minimum absolute atomic E-state index is 0.141. The van der Waals surface area contributed by atoms with Crippen LogP contribution in [0.15, 0.2) is 66.7 Å². The van der Waals surface area contributed by atoms with Crippen LogP contribution in [0.1, 0.15) is 46.0 Å². The summed E-state index contributed by atoms with van der Waals surface area (Å²) in [6, 6.07) is 20.9. The highest BCUT2D eigenvalue weighted by Crippen LogP contribution is 2.26. The number of carbonyl (C=O) groups excluding carboxylic acids is 1. The van der Waals surface area contributed by atoms with Crippen LogP contribution in [0.2, 0.25) is 0 Å². The summed E-state index contributed by atoms with van der Waals surface area (Å²) in [4.78, 5) is 12.5. The third-order valence-corrected chi connectivity index (χ3v) is 6.86. The maximum absolute atomic E-state index is 12.5. The summed E-state index contributed by atoms with van der Waals surface area (Å²) in [5.74, 6) is 0.722. The van der Waals surface area contributed by atoms with Gasteiger partial charge in [0, 0.05) is 12.1 Å². The van der Waals surface area contributed by atoms with Crippen LogP contribution in [0.3, 0.4) is 0 Å². The smallest absolute Gasteiger partial charge is 0.251 e. The van der Waals surface area contributed by atoms with E-state index < -0.39 is 10.0 Å². The van der Waals surface area contributed by atoms with E-state index in [1.165, 1.54) is 16.1 Å². The molecule has 0 atom stereocenters. The highest BCUT2D eigenvalue weighted by molar-refractivity contribution is 7.92. The lowest BCUT2D eigenvalue weighted by Crippen LogP contribution is -2.30. The number of nitrogens with zero attached hydrogens (tertiary/aromatic N) is 1. The fourth-order valence-electron chi connectivity index (χ4n) is 3.81. The summed E-state index contributed by atoms with van der Waals surface area (Å²) in [7, 11) is -3.48. The Bertz CT molecular complexity index is 1240. The molecule has 35 heavy (non-hydrogen) atoms. The summed E-state index contributed by atoms with van der Waals surface area (Å²) >= 11 is 0. The van der Waals surface area contributed by atoms with Gasteiger partial charge in [-0.15, -0.1) is 0 Å². The maximum Gasteiger partial charge on any atom is 0.251 e. The Morgan fingerprint density at radius 2 is 1.60 bits per heavy atom. The predicted molar refractivity (Wildman–Crippen MR) is 142 cm³/mol. The van der Waals surface area contributed by atoms with Crippen molar-refractivity contribution < 1.29 is 17.9 Å². The van der Waals surface area contributed by atoms with Crippen LogP contribution in [0, 0.1) is 13.8 Å². The number of carbonyl (C=O) groups is 1. The number of ether oxygens (including phenoxy) is 1. The van der Waals surface area contributed by atoms with Crippen LogP contribution in [0.25, 0.3) is 0 Å². The maximum atomic E-state index is 12.5. The molecule has 0 aromatic heterocycles. The number of aryl methyl sites for hydroxylation is 3. The normalized spacial score (nSPS) is 11.2. The van der Waals surface area contributed by atoms with Crippen LogP contribution in [-0.4, -0.2) is 33.7 Å². The SMILES string of the molecule is CCOc1ccc(CCCNC(=O)c2ccc(CN(c3cc(C)ccc3C)S(C)(=O)=O)cc2)cc1. The zero-order valence-corrected chi connectivity index (χ0v) is 21.7. The average molecular weight is 495 g/mol. The monoisotopic (exact) mass is 494 g/mol. The number of amides is 1. The summed E-state index contributed by atoms with van der Waals surface area (Å²) in [5, 5.41) is 2.95. The fourth-order valence-corrected chi connectivity index (χ4v) is 4.75. The minimum atomic E-state index is -3.48. The van der Waals surface area contributed by atoms with E-state index in [0.29, 0.717) is 24.4 Å². The third-order valence-electron chi connectivity index (χ3n) is 5.74. The van der Waals surface area contributed by atoms with Gasteiger partial charge in [-0.1, -0.05) is 36.4 Å². The van der Waals surface area contributed by atoms with Gasteiger partial charge in [0.15, 0.2) is 0 Å². The molecule has 0 spiro atoms. The van der Waals surface area contributed by atoms with E-state index in [0.717, 1.165) is 35.3 Å². The average Bonchev–Trinajstić information content (AvgIpc) is 2.83. The highest BCUT2D eigenvalue weighted by Gasteiger charge is 2.20. The number of rotatable bonds is 11. The van der Waals surface area contributed by atoms with E-state index in [1.54, 1.807) is 24.3 Å². The van der Waals surface area contributed by atoms with E-state index >= 15 is 0 Å². The second kappa shape index (κ2) is 11.9. The van der Waals surface area contributed by atoms with Crippen LogP contribution < -0.4 is 14.4 Å². The molecule has 0 bridgehead atoms. The van der Waals surface area contributed by atoms with Crippen molar-refractivity contribution in [1.82, 2.24) is 5.32 Å². The largest absolute Gasteiger partial charge is 0.494 e. The number of hydrogen-bond donors (Lipinski definition) is 1. The van der Waals surface area contributed by atoms with Crippen molar-refractivity contribution in [1.29, 1.82) is 0 Å². The molecule has 0 fully saturated rings. The molecule has 1 N–H and O–H groups in total. The molecule has 3 aromatic carbocycles. The Kier molecular flexibility index (Phi) is 8.93. The fraction of sp³-hybridized carbons (Fsp3) is 0.321. The van der Waals surface area contributed by atoms with E-state index in [2.05, 4.69) is 5.32 Å². The Morgan fingerprint density at radius 3 is 2.23 bits per heavy atom. The summed E-state index contributed by atoms with van der Waals surface area (Å²) in [6.07, 6.45) is 2.91. The van der Waals surface area contributed by atoms with Crippen LogP contribution in [0.4, 0.5) is 5.69 Å². The van der Waals surface area contributed by atoms with Crippen molar-refractivity contribution in [2.24, 2.45) is 0 Å². The second-order valence-corrected chi connectivity index (χ2v) is 10.6. The van der Waals surface area contributed by atoms with Crippen molar-refractivity contribution in [3.63, 3.8) is 0 Å². The van der Waals surface area contributed by atoms with Crippen molar-refractivity contribution >= 4 is 21.6 Å². The summed E-state index contributed by atoms with van der Waals surface area (Å²) in [6.45, 7) is 7.22. The summed E-state index contributed by atoms with van der Waals surface area (Å²) in [5.41, 5.74) is 5.11. The van der Waals surface area contributed by atoms with Crippen molar-refractivity contribution in [3.05, 3.63) is 94.5 Å². The first-order valence-electron chi connectivity index (χ1n) is 11.8. The molecule has 6 nitrogen and oxygen atoms in total. The molecule has 0 radical (unpaired) electrons. The number of benzene rings is 3. The molecule has 0 aliphatic carbocycles. The molecule has 0 unspecified atom stereocenters. The van der Waals surface area contributed by atoms with Gasteiger partial charge in [0.1, 0.15) is 5.75 Å². The quantitative estimate of drug-likeness (QED) is 0.379. The van der Waals surface area contributed by atoms with E-state index in [4.69, 9.17) is 4.74 Å². The molecule has 0 saturated carbocycles. The van der Waals surface area contributed by atoms with Gasteiger partial charge in [-0.05, 0) is 86.2 Å². The Hall–Kier alpha value is -3.32. The zero-order chi connectivity index (χ0) is 25.4. The Labute approximate surface area is 209 Å². The number of nitrogens with one attached hydrogen (secondary N) is 1. The van der Waals surface area contributed by atoms with Gasteiger partial charge in [0.2, 0.25) is 10.0 Å². The van der Waals surface area contributed by atoms with E-state index in [1.807, 2.05) is 63.2 Å². The standard InChI is InChI=1S/C28H34N2O4S/c1-5-34-26-16-12-23(13-17-26)7-6-18-29-28(31)25-14-10-24(11-15-25)20-30(35(4,32)33)27-19-21(2)8-9-22(27)3/h8-17,19H,5-7,18,20H2,1-4H3,(H,29,31). The van der Waals surface area contributed by atoms with Gasteiger partial charge in [-0.25, -0.2) is 8.42 Å². The Morgan fingerprint density at radius 1 is 0.943 bits per heavy atom. The molecule has 0 aliphatic rings. The lowest BCUT2D eigenvalue weighted by Gasteiger charge is -2.25. The number of hydrogen-bond acceptors (Lipinski definition) is 4. The van der Waals surface area contributed by atoms with Crippen molar-refractivity contribution in [2.75, 3.05) is 23.7 Å². The molecule has 1 amide bonds. The van der Waals surface area contributed by atoms with Gasteiger partial charge in [-0.2, -0.15) is 0 Å². The van der Waals surface area contributed by atoms with Gasteiger partial charge >= 0.3 is 0 Å². The molecule has 3 aromatic rings. The molecule has 0 saturated heterocycles. The molecule has 0 heterocycles. The predicted octanol–water partition coefficient (Wildman–Crippen LogP) is 5.03. The zero-order valence-electron chi connectivity index (χ0n) is 20.9.